The zero-order valence-electron chi connectivity index (χ0n) is 11.1. The lowest BCUT2D eigenvalue weighted by molar-refractivity contribution is -0.150. The minimum atomic E-state index is -0.742. The van der Waals surface area contributed by atoms with Gasteiger partial charge in [0.2, 0.25) is 0 Å². The van der Waals surface area contributed by atoms with E-state index in [-0.39, 0.29) is 6.01 Å². The summed E-state index contributed by atoms with van der Waals surface area (Å²) in [5, 5.41) is 4.16. The predicted molar refractivity (Wildman–Crippen MR) is 75.8 cm³/mol. The predicted octanol–water partition coefficient (Wildman–Crippen LogP) is 2.36. The summed E-state index contributed by atoms with van der Waals surface area (Å²) in [5.74, 6) is -0.439. The van der Waals surface area contributed by atoms with Crippen molar-refractivity contribution >= 4 is 21.9 Å². The molecule has 0 N–H and O–H groups in total. The van der Waals surface area contributed by atoms with Crippen molar-refractivity contribution in [2.45, 2.75) is 20.0 Å². The fourth-order valence-corrected chi connectivity index (χ4v) is 1.90. The first-order chi connectivity index (χ1) is 9.60. The number of aromatic nitrogens is 3. The number of ether oxygens (including phenoxy) is 2. The highest BCUT2D eigenvalue weighted by Crippen LogP contribution is 2.15. The maximum absolute atomic E-state index is 11.5. The van der Waals surface area contributed by atoms with E-state index in [9.17, 15) is 4.79 Å². The van der Waals surface area contributed by atoms with E-state index in [4.69, 9.17) is 9.47 Å². The van der Waals surface area contributed by atoms with Gasteiger partial charge in [0.1, 0.15) is 6.33 Å². The molecule has 0 aliphatic carbocycles. The number of halogens is 1. The highest BCUT2D eigenvalue weighted by molar-refractivity contribution is 9.10. The van der Waals surface area contributed by atoms with Crippen molar-refractivity contribution in [3.8, 4) is 11.7 Å². The van der Waals surface area contributed by atoms with Crippen molar-refractivity contribution in [1.82, 2.24) is 14.8 Å². The van der Waals surface area contributed by atoms with Gasteiger partial charge < -0.3 is 9.47 Å². The molecule has 1 aromatic carbocycles. The molecule has 1 heterocycles. The van der Waals surface area contributed by atoms with Crippen molar-refractivity contribution in [1.29, 1.82) is 0 Å². The Balaban J connectivity index is 2.08. The number of carbonyl (C=O) groups excluding carboxylic acids is 1. The van der Waals surface area contributed by atoms with Gasteiger partial charge in [0, 0.05) is 4.47 Å². The van der Waals surface area contributed by atoms with Crippen molar-refractivity contribution in [3.05, 3.63) is 35.1 Å². The third-order valence-corrected chi connectivity index (χ3v) is 2.94. The summed E-state index contributed by atoms with van der Waals surface area (Å²) in [4.78, 5) is 15.5. The molecule has 0 amide bonds. The molecule has 2 aromatic rings. The Kier molecular flexibility index (Phi) is 4.73. The van der Waals surface area contributed by atoms with Gasteiger partial charge in [-0.25, -0.2) is 9.48 Å². The monoisotopic (exact) mass is 339 g/mol. The van der Waals surface area contributed by atoms with E-state index >= 15 is 0 Å². The van der Waals surface area contributed by atoms with Gasteiger partial charge in [-0.15, -0.1) is 5.10 Å². The highest BCUT2D eigenvalue weighted by atomic mass is 79.9. The van der Waals surface area contributed by atoms with Gasteiger partial charge in [-0.1, -0.05) is 22.0 Å². The first-order valence-electron chi connectivity index (χ1n) is 6.11. The number of benzene rings is 1. The summed E-state index contributed by atoms with van der Waals surface area (Å²) >= 11 is 3.39. The lowest BCUT2D eigenvalue weighted by atomic mass is 10.3. The summed E-state index contributed by atoms with van der Waals surface area (Å²) in [6, 6.07) is 7.72. The third kappa shape index (κ3) is 3.57. The smallest absolute Gasteiger partial charge is 0.347 e. The molecule has 6 nitrogen and oxygen atoms in total. The molecular formula is C13H14BrN3O3. The Hall–Kier alpha value is -1.89. The number of nitrogens with zero attached hydrogens (tertiary/aromatic N) is 3. The second kappa shape index (κ2) is 6.51. The maximum Gasteiger partial charge on any atom is 0.347 e. The molecule has 0 bridgehead atoms. The van der Waals surface area contributed by atoms with Crippen LogP contribution in [-0.2, 0) is 9.53 Å². The van der Waals surface area contributed by atoms with E-state index in [1.54, 1.807) is 18.5 Å². The topological polar surface area (TPSA) is 66.2 Å². The second-order valence-electron chi connectivity index (χ2n) is 3.96. The van der Waals surface area contributed by atoms with Crippen LogP contribution in [0, 0.1) is 0 Å². The van der Waals surface area contributed by atoms with Gasteiger partial charge in [0.25, 0.3) is 0 Å². The fraction of sp³-hybridized carbons (Fsp3) is 0.308. The van der Waals surface area contributed by atoms with Crippen molar-refractivity contribution in [2.24, 2.45) is 0 Å². The van der Waals surface area contributed by atoms with Crippen LogP contribution in [0.5, 0.6) is 6.01 Å². The van der Waals surface area contributed by atoms with Gasteiger partial charge >= 0.3 is 12.0 Å². The number of hydrogen-bond acceptors (Lipinski definition) is 5. The Morgan fingerprint density at radius 3 is 3.00 bits per heavy atom. The van der Waals surface area contributed by atoms with Crippen LogP contribution in [0.2, 0.25) is 0 Å². The van der Waals surface area contributed by atoms with Crippen LogP contribution >= 0.6 is 15.9 Å². The van der Waals surface area contributed by atoms with Crippen LogP contribution in [-0.4, -0.2) is 33.4 Å². The standard InChI is InChI=1S/C13H14BrN3O3/c1-3-19-12(18)9(2)20-13-15-8-17(16-13)11-6-4-5-10(14)7-11/h4-9H,3H2,1-2H3. The molecule has 0 fully saturated rings. The Morgan fingerprint density at radius 2 is 2.30 bits per heavy atom. The molecule has 1 atom stereocenters. The molecule has 0 saturated heterocycles. The molecule has 0 spiro atoms. The average Bonchev–Trinajstić information content (AvgIpc) is 2.87. The van der Waals surface area contributed by atoms with Gasteiger partial charge in [0.15, 0.2) is 6.10 Å². The first kappa shape index (κ1) is 14.5. The van der Waals surface area contributed by atoms with Crippen LogP contribution in [0.15, 0.2) is 35.1 Å². The highest BCUT2D eigenvalue weighted by Gasteiger charge is 2.17. The SMILES string of the molecule is CCOC(=O)C(C)Oc1ncn(-c2cccc(Br)c2)n1. The van der Waals surface area contributed by atoms with Gasteiger partial charge in [-0.2, -0.15) is 4.98 Å². The molecule has 7 heteroatoms. The van der Waals surface area contributed by atoms with Crippen molar-refractivity contribution in [2.75, 3.05) is 6.61 Å². The second-order valence-corrected chi connectivity index (χ2v) is 4.88. The van der Waals surface area contributed by atoms with Gasteiger partial charge in [-0.3, -0.25) is 0 Å². The largest absolute Gasteiger partial charge is 0.463 e. The van der Waals surface area contributed by atoms with E-state index in [2.05, 4.69) is 26.0 Å². The lowest BCUT2D eigenvalue weighted by Crippen LogP contribution is -2.26. The summed E-state index contributed by atoms with van der Waals surface area (Å²) < 4.78 is 12.7. The quantitative estimate of drug-likeness (QED) is 0.782. The Bertz CT molecular complexity index is 600. The van der Waals surface area contributed by atoms with Crippen LogP contribution in [0.4, 0.5) is 0 Å². The number of carbonyl (C=O) groups is 1. The zero-order chi connectivity index (χ0) is 14.5. The average molecular weight is 340 g/mol. The minimum Gasteiger partial charge on any atom is -0.463 e. The van der Waals surface area contributed by atoms with E-state index in [0.29, 0.717) is 6.61 Å². The molecule has 1 aromatic heterocycles. The number of hydrogen-bond donors (Lipinski definition) is 0. The van der Waals surface area contributed by atoms with Crippen LogP contribution in [0.3, 0.4) is 0 Å². The van der Waals surface area contributed by atoms with E-state index in [0.717, 1.165) is 10.2 Å². The minimum absolute atomic E-state index is 0.130. The maximum atomic E-state index is 11.5. The van der Waals surface area contributed by atoms with Crippen LogP contribution in [0.1, 0.15) is 13.8 Å². The molecule has 0 radical (unpaired) electrons. The van der Waals surface area contributed by atoms with E-state index in [1.165, 1.54) is 6.33 Å². The number of rotatable bonds is 5. The van der Waals surface area contributed by atoms with Gasteiger partial charge in [0.05, 0.1) is 12.3 Å². The van der Waals surface area contributed by atoms with Crippen LogP contribution < -0.4 is 4.74 Å². The summed E-state index contributed by atoms with van der Waals surface area (Å²) in [6.07, 6.45) is 0.780. The van der Waals surface area contributed by atoms with Crippen molar-refractivity contribution in [3.63, 3.8) is 0 Å². The molecule has 2 rings (SSSR count). The molecule has 0 aliphatic rings. The first-order valence-corrected chi connectivity index (χ1v) is 6.90. The molecule has 106 valence electrons. The summed E-state index contributed by atoms with van der Waals surface area (Å²) in [7, 11) is 0. The number of esters is 1. The lowest BCUT2D eigenvalue weighted by Gasteiger charge is -2.09. The molecular weight excluding hydrogens is 326 g/mol. The molecule has 20 heavy (non-hydrogen) atoms. The van der Waals surface area contributed by atoms with E-state index < -0.39 is 12.1 Å². The fourth-order valence-electron chi connectivity index (χ4n) is 1.51. The summed E-state index contributed by atoms with van der Waals surface area (Å²) in [6.45, 7) is 3.65. The molecule has 1 unspecified atom stereocenters. The Morgan fingerprint density at radius 1 is 1.50 bits per heavy atom. The Labute approximate surface area is 124 Å². The molecule has 0 saturated carbocycles. The van der Waals surface area contributed by atoms with Crippen molar-refractivity contribution < 1.29 is 14.3 Å². The van der Waals surface area contributed by atoms with Gasteiger partial charge in [-0.05, 0) is 32.0 Å². The third-order valence-electron chi connectivity index (χ3n) is 2.44. The van der Waals surface area contributed by atoms with Crippen LogP contribution in [0.25, 0.3) is 5.69 Å². The molecule has 0 aliphatic heterocycles. The normalized spacial score (nSPS) is 11.9. The summed E-state index contributed by atoms with van der Waals surface area (Å²) in [5.41, 5.74) is 0.838. The zero-order valence-corrected chi connectivity index (χ0v) is 12.7. The van der Waals surface area contributed by atoms with E-state index in [1.807, 2.05) is 24.3 Å².